The maximum Gasteiger partial charge on any atom is 0.336 e. The molecule has 0 saturated carbocycles. The fourth-order valence-corrected chi connectivity index (χ4v) is 4.06. The Labute approximate surface area is 160 Å². The number of anilines is 1. The summed E-state index contributed by atoms with van der Waals surface area (Å²) in [7, 11) is 3.05. The summed E-state index contributed by atoms with van der Waals surface area (Å²) in [5, 5.41) is 4.98. The normalized spacial score (nSPS) is 16.3. The van der Waals surface area contributed by atoms with Crippen LogP contribution < -0.4 is 16.6 Å². The molecule has 0 saturated heterocycles. The number of nitrogens with one attached hydrogen (secondary N) is 1. The summed E-state index contributed by atoms with van der Waals surface area (Å²) in [4.78, 5) is 39.0. The topological polar surface area (TPSA) is 82.3 Å². The molecule has 1 aliphatic rings. The minimum Gasteiger partial charge on any atom is -0.462 e. The average molecular weight is 389 g/mol. The molecule has 3 rings (SSSR count). The first kappa shape index (κ1) is 19.2. The van der Waals surface area contributed by atoms with E-state index in [1.807, 2.05) is 31.4 Å². The number of hydrogen-bond donors (Lipinski definition) is 1. The summed E-state index contributed by atoms with van der Waals surface area (Å²) in [5.74, 6) is -0.410. The van der Waals surface area contributed by atoms with Crippen LogP contribution in [0.15, 0.2) is 38.4 Å². The van der Waals surface area contributed by atoms with E-state index < -0.39 is 23.1 Å². The van der Waals surface area contributed by atoms with Gasteiger partial charge >= 0.3 is 11.7 Å². The van der Waals surface area contributed by atoms with Gasteiger partial charge in [-0.05, 0) is 24.3 Å². The van der Waals surface area contributed by atoms with Crippen molar-refractivity contribution in [2.45, 2.75) is 26.7 Å². The maximum atomic E-state index is 13.0. The van der Waals surface area contributed by atoms with E-state index in [4.69, 9.17) is 4.74 Å². The quantitative estimate of drug-likeness (QED) is 0.811. The second-order valence-corrected chi connectivity index (χ2v) is 8.05. The molecule has 0 spiro atoms. The molecule has 2 aromatic heterocycles. The van der Waals surface area contributed by atoms with Gasteiger partial charge < -0.3 is 10.1 Å². The van der Waals surface area contributed by atoms with E-state index in [1.165, 1.54) is 23.0 Å². The minimum atomic E-state index is -0.577. The summed E-state index contributed by atoms with van der Waals surface area (Å²) >= 11 is 1.46. The van der Waals surface area contributed by atoms with Crippen LogP contribution in [0.5, 0.6) is 0 Å². The van der Waals surface area contributed by atoms with Crippen molar-refractivity contribution in [2.24, 2.45) is 20.0 Å². The van der Waals surface area contributed by atoms with E-state index in [2.05, 4.69) is 5.32 Å². The number of nitrogens with zero attached hydrogens (tertiary/aromatic N) is 2. The molecule has 8 heteroatoms. The van der Waals surface area contributed by atoms with Crippen LogP contribution in [0.1, 0.15) is 37.1 Å². The highest BCUT2D eigenvalue weighted by Gasteiger charge is 2.37. The van der Waals surface area contributed by atoms with Crippen LogP contribution in [0.3, 0.4) is 0 Å². The van der Waals surface area contributed by atoms with Gasteiger partial charge in [0.15, 0.2) is 0 Å². The molecular weight excluding hydrogens is 366 g/mol. The van der Waals surface area contributed by atoms with Crippen molar-refractivity contribution in [3.05, 3.63) is 60.1 Å². The maximum absolute atomic E-state index is 13.0. The van der Waals surface area contributed by atoms with Crippen molar-refractivity contribution in [3.8, 4) is 0 Å². The predicted molar refractivity (Wildman–Crippen MR) is 105 cm³/mol. The lowest BCUT2D eigenvalue weighted by molar-refractivity contribution is -0.140. The number of esters is 1. The van der Waals surface area contributed by atoms with Crippen LogP contribution >= 0.6 is 11.3 Å². The first-order valence-electron chi connectivity index (χ1n) is 8.72. The standard InChI is InChI=1S/C19H23N3O4S/c1-10(2)9-26-18(24)13-11(3)20-16-15(14(13)12-7-6-8-27-12)17(23)22(5)19(25)21(16)4/h6-8,10,14,20H,9H2,1-5H3/t14-/m0/s1. The van der Waals surface area contributed by atoms with E-state index >= 15 is 0 Å². The predicted octanol–water partition coefficient (Wildman–Crippen LogP) is 2.18. The molecule has 0 bridgehead atoms. The zero-order valence-corrected chi connectivity index (χ0v) is 16.8. The van der Waals surface area contributed by atoms with Crippen molar-refractivity contribution in [1.29, 1.82) is 0 Å². The molecule has 0 unspecified atom stereocenters. The summed E-state index contributed by atoms with van der Waals surface area (Å²) in [6, 6.07) is 3.76. The molecule has 0 aliphatic carbocycles. The van der Waals surface area contributed by atoms with Gasteiger partial charge in [-0.25, -0.2) is 9.59 Å². The lowest BCUT2D eigenvalue weighted by atomic mass is 9.86. The third-order valence-corrected chi connectivity index (χ3v) is 5.52. The van der Waals surface area contributed by atoms with Crippen molar-refractivity contribution in [2.75, 3.05) is 11.9 Å². The molecule has 144 valence electrons. The van der Waals surface area contributed by atoms with Gasteiger partial charge in [0.1, 0.15) is 5.82 Å². The number of carbonyl (C=O) groups excluding carboxylic acids is 1. The minimum absolute atomic E-state index is 0.201. The zero-order valence-electron chi connectivity index (χ0n) is 16.0. The molecule has 1 aliphatic heterocycles. The molecule has 0 amide bonds. The molecule has 1 N–H and O–H groups in total. The molecule has 0 radical (unpaired) electrons. The largest absolute Gasteiger partial charge is 0.462 e. The van der Waals surface area contributed by atoms with Crippen molar-refractivity contribution >= 4 is 23.1 Å². The van der Waals surface area contributed by atoms with E-state index in [0.29, 0.717) is 29.3 Å². The van der Waals surface area contributed by atoms with Crippen LogP contribution in [0, 0.1) is 5.92 Å². The monoisotopic (exact) mass is 389 g/mol. The number of allylic oxidation sites excluding steroid dienone is 1. The number of hydrogen-bond acceptors (Lipinski definition) is 6. The summed E-state index contributed by atoms with van der Waals surface area (Å²) < 4.78 is 7.94. The van der Waals surface area contributed by atoms with Crippen LogP contribution in [0.2, 0.25) is 0 Å². The second kappa shape index (κ2) is 7.19. The number of thiophene rings is 1. The Morgan fingerprint density at radius 3 is 2.59 bits per heavy atom. The fraction of sp³-hybridized carbons (Fsp3) is 0.421. The first-order chi connectivity index (χ1) is 12.7. The third kappa shape index (κ3) is 3.25. The van der Waals surface area contributed by atoms with Gasteiger partial charge in [-0.1, -0.05) is 19.9 Å². The van der Waals surface area contributed by atoms with Crippen molar-refractivity contribution in [1.82, 2.24) is 9.13 Å². The average Bonchev–Trinajstić information content (AvgIpc) is 3.16. The Bertz CT molecular complexity index is 1030. The van der Waals surface area contributed by atoms with Gasteiger partial charge in [-0.3, -0.25) is 13.9 Å². The summed E-state index contributed by atoms with van der Waals surface area (Å²) in [5.41, 5.74) is 0.527. The molecule has 7 nitrogen and oxygen atoms in total. The fourth-order valence-electron chi connectivity index (χ4n) is 3.22. The van der Waals surface area contributed by atoms with Crippen LogP contribution in [0.25, 0.3) is 0 Å². The smallest absolute Gasteiger partial charge is 0.336 e. The number of rotatable bonds is 4. The number of carbonyl (C=O) groups is 1. The molecule has 0 aromatic carbocycles. The lowest BCUT2D eigenvalue weighted by Gasteiger charge is -2.30. The van der Waals surface area contributed by atoms with E-state index in [0.717, 1.165) is 9.44 Å². The number of fused-ring (bicyclic) bond motifs is 1. The van der Waals surface area contributed by atoms with Crippen molar-refractivity contribution in [3.63, 3.8) is 0 Å². The summed E-state index contributed by atoms with van der Waals surface area (Å²) in [6.45, 7) is 5.98. The number of aromatic nitrogens is 2. The second-order valence-electron chi connectivity index (χ2n) is 7.07. The third-order valence-electron chi connectivity index (χ3n) is 4.58. The van der Waals surface area contributed by atoms with Gasteiger partial charge in [0.2, 0.25) is 0 Å². The summed E-state index contributed by atoms with van der Waals surface area (Å²) in [6.07, 6.45) is 0. The lowest BCUT2D eigenvalue weighted by Crippen LogP contribution is -2.43. The van der Waals surface area contributed by atoms with Crippen LogP contribution in [-0.4, -0.2) is 21.7 Å². The van der Waals surface area contributed by atoms with E-state index in [-0.39, 0.29) is 5.92 Å². The van der Waals surface area contributed by atoms with E-state index in [9.17, 15) is 14.4 Å². The Morgan fingerprint density at radius 2 is 2.00 bits per heavy atom. The molecule has 27 heavy (non-hydrogen) atoms. The zero-order chi connectivity index (χ0) is 19.9. The van der Waals surface area contributed by atoms with Crippen LogP contribution in [-0.2, 0) is 23.6 Å². The van der Waals surface area contributed by atoms with Gasteiger partial charge in [0.05, 0.1) is 23.7 Å². The highest BCUT2D eigenvalue weighted by Crippen LogP contribution is 2.41. The van der Waals surface area contributed by atoms with Gasteiger partial charge in [-0.2, -0.15) is 0 Å². The highest BCUT2D eigenvalue weighted by molar-refractivity contribution is 7.10. The number of ether oxygens (including phenoxy) is 1. The van der Waals surface area contributed by atoms with Gasteiger partial charge in [-0.15, -0.1) is 11.3 Å². The SMILES string of the molecule is CC1=C(C(=O)OCC(C)C)[C@H](c2cccs2)c2c(n(C)c(=O)n(C)c2=O)N1. The molecule has 0 fully saturated rings. The Balaban J connectivity index is 2.25. The molecular formula is C19H23N3O4S. The molecule has 1 atom stereocenters. The molecule has 2 aromatic rings. The van der Waals surface area contributed by atoms with Crippen molar-refractivity contribution < 1.29 is 9.53 Å². The Morgan fingerprint density at radius 1 is 1.30 bits per heavy atom. The van der Waals surface area contributed by atoms with Crippen LogP contribution in [0.4, 0.5) is 5.82 Å². The van der Waals surface area contributed by atoms with Gasteiger partial charge in [0.25, 0.3) is 5.56 Å². The Kier molecular flexibility index (Phi) is 5.10. The first-order valence-corrected chi connectivity index (χ1v) is 9.60. The highest BCUT2D eigenvalue weighted by atomic mass is 32.1. The van der Waals surface area contributed by atoms with Gasteiger partial charge in [0, 0.05) is 24.7 Å². The van der Waals surface area contributed by atoms with E-state index in [1.54, 1.807) is 14.0 Å². The molecule has 3 heterocycles. The Hall–Kier alpha value is -2.61.